The first kappa shape index (κ1) is 10.7. The highest BCUT2D eigenvalue weighted by Gasteiger charge is 2.20. The van der Waals surface area contributed by atoms with Gasteiger partial charge in [-0.05, 0) is 5.92 Å². The van der Waals surface area contributed by atoms with Gasteiger partial charge in [-0.15, -0.1) is 0 Å². The monoisotopic (exact) mass is 156 g/mol. The molecule has 1 heteroatoms. The lowest BCUT2D eigenvalue weighted by Crippen LogP contribution is -2.22. The maximum atomic E-state index is 11.4. The summed E-state index contributed by atoms with van der Waals surface area (Å²) in [5.74, 6) is 1.36. The summed E-state index contributed by atoms with van der Waals surface area (Å²) in [5, 5.41) is 0. The lowest BCUT2D eigenvalue weighted by Gasteiger charge is -2.18. The van der Waals surface area contributed by atoms with Crippen molar-refractivity contribution in [3.05, 3.63) is 0 Å². The van der Waals surface area contributed by atoms with Gasteiger partial charge in [0.15, 0.2) is 0 Å². The molecule has 0 bridgehead atoms. The zero-order valence-electron chi connectivity index (χ0n) is 8.35. The van der Waals surface area contributed by atoms with Gasteiger partial charge in [0.1, 0.15) is 5.78 Å². The molecule has 0 spiro atoms. The second kappa shape index (κ2) is 4.53. The van der Waals surface area contributed by atoms with Crippen LogP contribution in [0.15, 0.2) is 0 Å². The standard InChI is InChI=1S/C10H20O/c1-6-8(4)9(5)10(11)7(2)3/h7-9H,6H2,1-5H3. The van der Waals surface area contributed by atoms with Crippen molar-refractivity contribution < 1.29 is 4.79 Å². The smallest absolute Gasteiger partial charge is 0.138 e. The Morgan fingerprint density at radius 2 is 1.64 bits per heavy atom. The van der Waals surface area contributed by atoms with Crippen molar-refractivity contribution in [2.24, 2.45) is 17.8 Å². The highest BCUT2D eigenvalue weighted by molar-refractivity contribution is 5.82. The number of ketones is 1. The molecule has 0 N–H and O–H groups in total. The summed E-state index contributed by atoms with van der Waals surface area (Å²) >= 11 is 0. The van der Waals surface area contributed by atoms with Crippen LogP contribution in [0, 0.1) is 17.8 Å². The highest BCUT2D eigenvalue weighted by atomic mass is 16.1. The Morgan fingerprint density at radius 1 is 1.18 bits per heavy atom. The Kier molecular flexibility index (Phi) is 4.39. The van der Waals surface area contributed by atoms with Gasteiger partial charge in [0.05, 0.1) is 0 Å². The molecule has 0 saturated carbocycles. The van der Waals surface area contributed by atoms with Crippen molar-refractivity contribution in [3.63, 3.8) is 0 Å². The van der Waals surface area contributed by atoms with Crippen molar-refractivity contribution in [3.8, 4) is 0 Å². The van der Waals surface area contributed by atoms with Crippen LogP contribution in [0.3, 0.4) is 0 Å². The molecule has 66 valence electrons. The van der Waals surface area contributed by atoms with Gasteiger partial charge >= 0.3 is 0 Å². The molecule has 1 nitrogen and oxygen atoms in total. The molecule has 0 rings (SSSR count). The van der Waals surface area contributed by atoms with Crippen molar-refractivity contribution >= 4 is 5.78 Å². The third-order valence-corrected chi connectivity index (χ3v) is 2.52. The maximum Gasteiger partial charge on any atom is 0.138 e. The summed E-state index contributed by atoms with van der Waals surface area (Å²) in [7, 11) is 0. The second-order valence-corrected chi connectivity index (χ2v) is 3.73. The SMILES string of the molecule is CCC(C)C(C)C(=O)C(C)C. The van der Waals surface area contributed by atoms with E-state index in [0.717, 1.165) is 6.42 Å². The van der Waals surface area contributed by atoms with E-state index in [-0.39, 0.29) is 11.8 Å². The Bertz CT molecular complexity index is 127. The molecular weight excluding hydrogens is 136 g/mol. The Morgan fingerprint density at radius 3 is 1.91 bits per heavy atom. The fraction of sp³-hybridized carbons (Fsp3) is 0.900. The molecule has 11 heavy (non-hydrogen) atoms. The molecule has 0 saturated heterocycles. The van der Waals surface area contributed by atoms with Crippen molar-refractivity contribution in [1.82, 2.24) is 0 Å². The molecule has 0 aliphatic rings. The molecule has 0 aromatic heterocycles. The number of carbonyl (C=O) groups excluding carboxylic acids is 1. The Labute approximate surface area is 70.2 Å². The van der Waals surface area contributed by atoms with Crippen molar-refractivity contribution in [1.29, 1.82) is 0 Å². The third kappa shape index (κ3) is 3.04. The maximum absolute atomic E-state index is 11.4. The van der Waals surface area contributed by atoms with Crippen LogP contribution in [-0.2, 0) is 4.79 Å². The van der Waals surface area contributed by atoms with Crippen LogP contribution in [0.1, 0.15) is 41.0 Å². The molecule has 0 radical (unpaired) electrons. The molecule has 0 aromatic rings. The van der Waals surface area contributed by atoms with Crippen LogP contribution in [0.5, 0.6) is 0 Å². The van der Waals surface area contributed by atoms with Crippen LogP contribution in [0.2, 0.25) is 0 Å². The number of hydrogen-bond acceptors (Lipinski definition) is 1. The van der Waals surface area contributed by atoms with Gasteiger partial charge in [-0.25, -0.2) is 0 Å². The normalized spacial score (nSPS) is 16.5. The predicted octanol–water partition coefficient (Wildman–Crippen LogP) is 2.89. The van der Waals surface area contributed by atoms with E-state index in [1.165, 1.54) is 0 Å². The number of Topliss-reactive ketones (excluding diaryl/α,β-unsaturated/α-hetero) is 1. The second-order valence-electron chi connectivity index (χ2n) is 3.73. The summed E-state index contributed by atoms with van der Waals surface area (Å²) in [5.41, 5.74) is 0. The number of hydrogen-bond donors (Lipinski definition) is 0. The largest absolute Gasteiger partial charge is 0.299 e. The Hall–Kier alpha value is -0.330. The molecule has 2 unspecified atom stereocenters. The minimum Gasteiger partial charge on any atom is -0.299 e. The Balaban J connectivity index is 4.02. The summed E-state index contributed by atoms with van der Waals surface area (Å²) < 4.78 is 0. The molecular formula is C10H20O. The van der Waals surface area contributed by atoms with E-state index in [1.807, 2.05) is 20.8 Å². The van der Waals surface area contributed by atoms with Gasteiger partial charge in [0.25, 0.3) is 0 Å². The molecule has 0 aromatic carbocycles. The first-order valence-electron chi connectivity index (χ1n) is 4.54. The average molecular weight is 156 g/mol. The van der Waals surface area contributed by atoms with E-state index < -0.39 is 0 Å². The zero-order valence-corrected chi connectivity index (χ0v) is 8.35. The molecule has 0 aliphatic heterocycles. The highest BCUT2D eigenvalue weighted by Crippen LogP contribution is 2.18. The molecule has 0 fully saturated rings. The molecule has 0 heterocycles. The van der Waals surface area contributed by atoms with E-state index in [4.69, 9.17) is 0 Å². The molecule has 0 aliphatic carbocycles. The van der Waals surface area contributed by atoms with Gasteiger partial charge < -0.3 is 0 Å². The van der Waals surface area contributed by atoms with Crippen molar-refractivity contribution in [2.45, 2.75) is 41.0 Å². The molecule has 2 atom stereocenters. The van der Waals surface area contributed by atoms with Gasteiger partial charge in [-0.2, -0.15) is 0 Å². The fourth-order valence-electron chi connectivity index (χ4n) is 1.16. The van der Waals surface area contributed by atoms with Gasteiger partial charge in [0.2, 0.25) is 0 Å². The van der Waals surface area contributed by atoms with Crippen LogP contribution in [0.4, 0.5) is 0 Å². The quantitative estimate of drug-likeness (QED) is 0.611. The summed E-state index contributed by atoms with van der Waals surface area (Å²) in [4.78, 5) is 11.4. The van der Waals surface area contributed by atoms with Gasteiger partial charge in [0, 0.05) is 11.8 Å². The van der Waals surface area contributed by atoms with E-state index in [2.05, 4.69) is 13.8 Å². The lowest BCUT2D eigenvalue weighted by atomic mass is 9.85. The van der Waals surface area contributed by atoms with E-state index in [1.54, 1.807) is 0 Å². The van der Waals surface area contributed by atoms with Crippen molar-refractivity contribution in [2.75, 3.05) is 0 Å². The topological polar surface area (TPSA) is 17.1 Å². The van der Waals surface area contributed by atoms with Gasteiger partial charge in [-0.1, -0.05) is 41.0 Å². The fourth-order valence-corrected chi connectivity index (χ4v) is 1.16. The van der Waals surface area contributed by atoms with Crippen LogP contribution in [-0.4, -0.2) is 5.78 Å². The number of carbonyl (C=O) groups is 1. The minimum atomic E-state index is 0.194. The third-order valence-electron chi connectivity index (χ3n) is 2.52. The predicted molar refractivity (Wildman–Crippen MR) is 48.5 cm³/mol. The lowest BCUT2D eigenvalue weighted by molar-refractivity contribution is -0.126. The van der Waals surface area contributed by atoms with Gasteiger partial charge in [-0.3, -0.25) is 4.79 Å². The van der Waals surface area contributed by atoms with E-state index in [9.17, 15) is 4.79 Å². The molecule has 0 amide bonds. The summed E-state index contributed by atoms with van der Waals surface area (Å²) in [6, 6.07) is 0. The number of rotatable bonds is 4. The first-order chi connectivity index (χ1) is 5.00. The van der Waals surface area contributed by atoms with Crippen LogP contribution < -0.4 is 0 Å². The van der Waals surface area contributed by atoms with Crippen LogP contribution in [0.25, 0.3) is 0 Å². The van der Waals surface area contributed by atoms with Crippen LogP contribution >= 0.6 is 0 Å². The zero-order chi connectivity index (χ0) is 9.02. The van der Waals surface area contributed by atoms with E-state index >= 15 is 0 Å². The summed E-state index contributed by atoms with van der Waals surface area (Å²) in [6.45, 7) is 10.3. The summed E-state index contributed by atoms with van der Waals surface area (Å²) in [6.07, 6.45) is 1.10. The minimum absolute atomic E-state index is 0.194. The first-order valence-corrected chi connectivity index (χ1v) is 4.54. The van der Waals surface area contributed by atoms with E-state index in [0.29, 0.717) is 11.7 Å². The average Bonchev–Trinajstić information content (AvgIpc) is 2.00.